The topological polar surface area (TPSA) is 20.3 Å². The van der Waals surface area contributed by atoms with Gasteiger partial charge >= 0.3 is 0 Å². The van der Waals surface area contributed by atoms with Crippen molar-refractivity contribution in [1.82, 2.24) is 4.90 Å². The van der Waals surface area contributed by atoms with Crippen LogP contribution in [-0.2, 0) is 4.79 Å². The van der Waals surface area contributed by atoms with Gasteiger partial charge in [-0.1, -0.05) is 26.8 Å². The van der Waals surface area contributed by atoms with Gasteiger partial charge in [0, 0.05) is 25.4 Å². The smallest absolute Gasteiger partial charge is 0.223 e. The predicted molar refractivity (Wildman–Crippen MR) is 54.3 cm³/mol. The molecule has 1 saturated heterocycles. The maximum absolute atomic E-state index is 11.5. The minimum atomic E-state index is 0.200. The van der Waals surface area contributed by atoms with Gasteiger partial charge in [0.2, 0.25) is 5.91 Å². The number of rotatable bonds is 2. The molecular formula is C11H19NO. The fourth-order valence-electron chi connectivity index (χ4n) is 1.69. The number of hydrogen-bond donors (Lipinski definition) is 0. The summed E-state index contributed by atoms with van der Waals surface area (Å²) in [5, 5.41) is 0. The molecule has 0 aromatic carbocycles. The zero-order chi connectivity index (χ0) is 10.1. The minimum absolute atomic E-state index is 0.200. The van der Waals surface area contributed by atoms with Crippen molar-refractivity contribution in [1.29, 1.82) is 0 Å². The zero-order valence-electron chi connectivity index (χ0n) is 8.84. The molecule has 1 aliphatic heterocycles. The van der Waals surface area contributed by atoms with Crippen LogP contribution in [0.5, 0.6) is 0 Å². The van der Waals surface area contributed by atoms with Crippen molar-refractivity contribution in [2.45, 2.75) is 27.2 Å². The lowest BCUT2D eigenvalue weighted by molar-refractivity contribution is -0.128. The van der Waals surface area contributed by atoms with Gasteiger partial charge in [0.15, 0.2) is 0 Å². The number of amides is 1. The molecule has 1 unspecified atom stereocenters. The normalized spacial score (nSPS) is 23.8. The maximum Gasteiger partial charge on any atom is 0.223 e. The van der Waals surface area contributed by atoms with Gasteiger partial charge in [0.1, 0.15) is 0 Å². The van der Waals surface area contributed by atoms with E-state index in [1.54, 1.807) is 0 Å². The molecule has 13 heavy (non-hydrogen) atoms. The van der Waals surface area contributed by atoms with E-state index in [2.05, 4.69) is 27.4 Å². The third kappa shape index (κ3) is 2.87. The molecule has 0 aromatic heterocycles. The van der Waals surface area contributed by atoms with Crippen molar-refractivity contribution in [3.63, 3.8) is 0 Å². The van der Waals surface area contributed by atoms with E-state index in [1.807, 2.05) is 11.0 Å². The van der Waals surface area contributed by atoms with Gasteiger partial charge < -0.3 is 4.90 Å². The van der Waals surface area contributed by atoms with Crippen molar-refractivity contribution in [3.05, 3.63) is 12.7 Å². The molecule has 0 aromatic rings. The average Bonchev–Trinajstić information content (AvgIpc) is 2.29. The van der Waals surface area contributed by atoms with Crippen LogP contribution >= 0.6 is 0 Å². The van der Waals surface area contributed by atoms with E-state index >= 15 is 0 Å². The van der Waals surface area contributed by atoms with Gasteiger partial charge in [0.05, 0.1) is 0 Å². The molecule has 1 heterocycles. The molecule has 0 bridgehead atoms. The van der Waals surface area contributed by atoms with Crippen molar-refractivity contribution >= 4 is 5.91 Å². The van der Waals surface area contributed by atoms with Crippen LogP contribution in [0.4, 0.5) is 0 Å². The van der Waals surface area contributed by atoms with Crippen LogP contribution in [0.2, 0.25) is 0 Å². The lowest BCUT2D eigenvalue weighted by atomic mass is 9.96. The van der Waals surface area contributed by atoms with Crippen molar-refractivity contribution in [2.75, 3.05) is 13.1 Å². The van der Waals surface area contributed by atoms with Gasteiger partial charge in [-0.3, -0.25) is 4.79 Å². The predicted octanol–water partition coefficient (Wildman–Crippen LogP) is 2.07. The van der Waals surface area contributed by atoms with Gasteiger partial charge in [-0.2, -0.15) is 0 Å². The number of nitrogens with zero attached hydrogens (tertiary/aromatic N) is 1. The van der Waals surface area contributed by atoms with Crippen LogP contribution in [0.15, 0.2) is 12.7 Å². The van der Waals surface area contributed by atoms with E-state index < -0.39 is 0 Å². The van der Waals surface area contributed by atoms with Crippen molar-refractivity contribution in [3.8, 4) is 0 Å². The molecule has 74 valence electrons. The van der Waals surface area contributed by atoms with Crippen LogP contribution in [0.1, 0.15) is 27.2 Å². The van der Waals surface area contributed by atoms with E-state index in [0.29, 0.717) is 12.3 Å². The number of carbonyl (C=O) groups excluding carboxylic acids is 1. The van der Waals surface area contributed by atoms with Gasteiger partial charge in [-0.15, -0.1) is 6.58 Å². The molecule has 0 aliphatic carbocycles. The van der Waals surface area contributed by atoms with Crippen LogP contribution in [-0.4, -0.2) is 23.9 Å². The molecule has 1 aliphatic rings. The summed E-state index contributed by atoms with van der Waals surface area (Å²) in [6.45, 7) is 11.9. The Morgan fingerprint density at radius 3 is 2.62 bits per heavy atom. The molecule has 1 amide bonds. The first-order chi connectivity index (χ1) is 5.92. The first kappa shape index (κ1) is 10.3. The van der Waals surface area contributed by atoms with Crippen LogP contribution in [0.3, 0.4) is 0 Å². The third-order valence-electron chi connectivity index (χ3n) is 2.24. The molecule has 0 spiro atoms. The highest BCUT2D eigenvalue weighted by atomic mass is 16.2. The summed E-state index contributed by atoms with van der Waals surface area (Å²) in [6, 6.07) is 0. The van der Waals surface area contributed by atoms with E-state index in [-0.39, 0.29) is 11.3 Å². The largest absolute Gasteiger partial charge is 0.342 e. The summed E-state index contributed by atoms with van der Waals surface area (Å²) in [7, 11) is 0. The molecule has 1 atom stereocenters. The Morgan fingerprint density at radius 2 is 2.23 bits per heavy atom. The Kier molecular flexibility index (Phi) is 2.79. The fraction of sp³-hybridized carbons (Fsp3) is 0.727. The van der Waals surface area contributed by atoms with Crippen LogP contribution < -0.4 is 0 Å². The third-order valence-corrected chi connectivity index (χ3v) is 2.24. The van der Waals surface area contributed by atoms with E-state index in [1.165, 1.54) is 0 Å². The van der Waals surface area contributed by atoms with Crippen LogP contribution in [0, 0.1) is 11.3 Å². The van der Waals surface area contributed by atoms with Gasteiger partial charge in [-0.05, 0) is 5.41 Å². The summed E-state index contributed by atoms with van der Waals surface area (Å²) in [5.74, 6) is 0.648. The second-order valence-corrected chi connectivity index (χ2v) is 5.03. The summed E-state index contributed by atoms with van der Waals surface area (Å²) in [5.41, 5.74) is 0.200. The maximum atomic E-state index is 11.5. The Morgan fingerprint density at radius 1 is 1.62 bits per heavy atom. The summed E-state index contributed by atoms with van der Waals surface area (Å²) < 4.78 is 0. The van der Waals surface area contributed by atoms with Crippen LogP contribution in [0.25, 0.3) is 0 Å². The highest BCUT2D eigenvalue weighted by Crippen LogP contribution is 2.23. The fourth-order valence-corrected chi connectivity index (χ4v) is 1.69. The number of hydrogen-bond acceptors (Lipinski definition) is 1. The Balaban J connectivity index is 2.53. The Bertz CT molecular complexity index is 215. The van der Waals surface area contributed by atoms with Crippen molar-refractivity contribution in [2.24, 2.45) is 11.3 Å². The highest BCUT2D eigenvalue weighted by Gasteiger charge is 2.29. The molecule has 2 heteroatoms. The van der Waals surface area contributed by atoms with Gasteiger partial charge in [-0.25, -0.2) is 0 Å². The highest BCUT2D eigenvalue weighted by molar-refractivity contribution is 5.79. The molecule has 2 nitrogen and oxygen atoms in total. The molecule has 0 saturated carbocycles. The average molecular weight is 181 g/mol. The van der Waals surface area contributed by atoms with E-state index in [4.69, 9.17) is 0 Å². The van der Waals surface area contributed by atoms with Crippen molar-refractivity contribution < 1.29 is 4.79 Å². The summed E-state index contributed by atoms with van der Waals surface area (Å²) in [4.78, 5) is 13.5. The van der Waals surface area contributed by atoms with Gasteiger partial charge in [0.25, 0.3) is 0 Å². The first-order valence-corrected chi connectivity index (χ1v) is 4.83. The lowest BCUT2D eigenvalue weighted by Gasteiger charge is -2.26. The monoisotopic (exact) mass is 181 g/mol. The lowest BCUT2D eigenvalue weighted by Crippen LogP contribution is -2.33. The molecular weight excluding hydrogens is 162 g/mol. The SMILES string of the molecule is C=CC1CC(=O)N(CC(C)(C)C)C1. The standard InChI is InChI=1S/C11H19NO/c1-5-9-6-10(13)12(7-9)8-11(2,3)4/h5,9H,1,6-8H2,2-4H3. The Hall–Kier alpha value is -0.790. The van der Waals surface area contributed by atoms with E-state index in [0.717, 1.165) is 13.1 Å². The second-order valence-electron chi connectivity index (χ2n) is 5.03. The molecule has 1 fully saturated rings. The summed E-state index contributed by atoms with van der Waals surface area (Å²) >= 11 is 0. The first-order valence-electron chi connectivity index (χ1n) is 4.83. The molecule has 1 rings (SSSR count). The minimum Gasteiger partial charge on any atom is -0.342 e. The van der Waals surface area contributed by atoms with E-state index in [9.17, 15) is 4.79 Å². The summed E-state index contributed by atoms with van der Waals surface area (Å²) in [6.07, 6.45) is 2.54. The number of likely N-dealkylation sites (tertiary alicyclic amines) is 1. The second kappa shape index (κ2) is 3.52. The Labute approximate surface area is 80.6 Å². The quantitative estimate of drug-likeness (QED) is 0.597. The number of carbonyl (C=O) groups is 1. The molecule has 0 radical (unpaired) electrons. The zero-order valence-corrected chi connectivity index (χ0v) is 8.84. The molecule has 0 N–H and O–H groups in total.